The molecule has 2 aromatic rings. The van der Waals surface area contributed by atoms with Gasteiger partial charge in [-0.25, -0.2) is 19.7 Å². The van der Waals surface area contributed by atoms with E-state index in [1.165, 1.54) is 12.7 Å². The van der Waals surface area contributed by atoms with Gasteiger partial charge in [-0.1, -0.05) is 19.3 Å². The van der Waals surface area contributed by atoms with Crippen LogP contribution in [0, 0.1) is 0 Å². The molecule has 19 heavy (non-hydrogen) atoms. The molecule has 2 heterocycles. The minimum Gasteiger partial charge on any atom is -0.480 e. The van der Waals surface area contributed by atoms with Crippen LogP contribution in [0.2, 0.25) is 0 Å². The molecule has 1 fully saturated rings. The number of aliphatic carboxylic acids is 1. The molecule has 1 aliphatic rings. The van der Waals surface area contributed by atoms with E-state index in [4.69, 9.17) is 0 Å². The molecule has 0 amide bonds. The minimum atomic E-state index is -0.926. The summed E-state index contributed by atoms with van der Waals surface area (Å²) in [4.78, 5) is 26.8. The van der Waals surface area contributed by atoms with Crippen molar-refractivity contribution in [3.63, 3.8) is 0 Å². The number of imidazole rings is 1. The summed E-state index contributed by atoms with van der Waals surface area (Å²) < 4.78 is 0. The van der Waals surface area contributed by atoms with Crippen molar-refractivity contribution in [1.82, 2.24) is 19.9 Å². The van der Waals surface area contributed by atoms with E-state index < -0.39 is 11.5 Å². The van der Waals surface area contributed by atoms with Crippen molar-refractivity contribution in [1.29, 1.82) is 0 Å². The first kappa shape index (κ1) is 11.9. The molecule has 7 nitrogen and oxygen atoms in total. The molecule has 1 aliphatic carbocycles. The maximum Gasteiger partial charge on any atom is 0.329 e. The third-order valence-electron chi connectivity index (χ3n) is 3.70. The third kappa shape index (κ3) is 2.00. The van der Waals surface area contributed by atoms with Crippen molar-refractivity contribution in [2.75, 3.05) is 5.32 Å². The molecule has 2 aromatic heterocycles. The second-order valence-corrected chi connectivity index (χ2v) is 4.90. The highest BCUT2D eigenvalue weighted by Gasteiger charge is 2.40. The first-order valence-corrected chi connectivity index (χ1v) is 6.37. The highest BCUT2D eigenvalue weighted by atomic mass is 16.4. The Morgan fingerprint density at radius 2 is 2.05 bits per heavy atom. The molecular weight excluding hydrogens is 246 g/mol. The van der Waals surface area contributed by atoms with E-state index in [0.717, 1.165) is 19.3 Å². The highest BCUT2D eigenvalue weighted by molar-refractivity contribution is 5.88. The fourth-order valence-corrected chi connectivity index (χ4v) is 2.63. The molecule has 0 radical (unpaired) electrons. The smallest absolute Gasteiger partial charge is 0.329 e. The number of aromatic amines is 1. The van der Waals surface area contributed by atoms with Gasteiger partial charge in [0.25, 0.3) is 0 Å². The van der Waals surface area contributed by atoms with Gasteiger partial charge in [0.05, 0.1) is 6.33 Å². The van der Waals surface area contributed by atoms with Gasteiger partial charge in [0.2, 0.25) is 0 Å². The van der Waals surface area contributed by atoms with Gasteiger partial charge in [0.15, 0.2) is 11.5 Å². The maximum absolute atomic E-state index is 11.6. The van der Waals surface area contributed by atoms with Gasteiger partial charge in [0.1, 0.15) is 17.4 Å². The van der Waals surface area contributed by atoms with Crippen LogP contribution in [0.4, 0.5) is 5.82 Å². The zero-order valence-electron chi connectivity index (χ0n) is 10.4. The number of anilines is 1. The average molecular weight is 261 g/mol. The predicted octanol–water partition coefficient (Wildman–Crippen LogP) is 1.55. The summed E-state index contributed by atoms with van der Waals surface area (Å²) >= 11 is 0. The lowest BCUT2D eigenvalue weighted by Crippen LogP contribution is -2.48. The normalized spacial score (nSPS) is 18.3. The number of aromatic nitrogens is 4. The zero-order valence-corrected chi connectivity index (χ0v) is 10.4. The number of hydrogen-bond donors (Lipinski definition) is 3. The Balaban J connectivity index is 1.98. The molecular formula is C12H15N5O2. The SMILES string of the molecule is O=C(O)C1(Nc2ncnc3nc[nH]c23)CCCCC1. The van der Waals surface area contributed by atoms with E-state index in [0.29, 0.717) is 29.8 Å². The Morgan fingerprint density at radius 3 is 2.79 bits per heavy atom. The van der Waals surface area contributed by atoms with E-state index >= 15 is 0 Å². The molecule has 3 N–H and O–H groups in total. The summed E-state index contributed by atoms with van der Waals surface area (Å²) in [6, 6.07) is 0. The molecule has 0 aliphatic heterocycles. The van der Waals surface area contributed by atoms with Crippen LogP contribution in [0.15, 0.2) is 12.7 Å². The minimum absolute atomic E-state index is 0.506. The van der Waals surface area contributed by atoms with Crippen LogP contribution in [0.3, 0.4) is 0 Å². The molecule has 0 bridgehead atoms. The molecule has 7 heteroatoms. The van der Waals surface area contributed by atoms with E-state index in [1.807, 2.05) is 0 Å². The van der Waals surface area contributed by atoms with Crippen LogP contribution in [-0.4, -0.2) is 36.6 Å². The summed E-state index contributed by atoms with van der Waals surface area (Å²) in [7, 11) is 0. The van der Waals surface area contributed by atoms with Gasteiger partial charge in [-0.3, -0.25) is 0 Å². The highest BCUT2D eigenvalue weighted by Crippen LogP contribution is 2.32. The quantitative estimate of drug-likeness (QED) is 0.774. The van der Waals surface area contributed by atoms with Crippen LogP contribution in [-0.2, 0) is 4.79 Å². The van der Waals surface area contributed by atoms with Gasteiger partial charge in [-0.05, 0) is 12.8 Å². The van der Waals surface area contributed by atoms with Gasteiger partial charge in [-0.2, -0.15) is 0 Å². The van der Waals surface area contributed by atoms with Crippen molar-refractivity contribution in [3.8, 4) is 0 Å². The van der Waals surface area contributed by atoms with Gasteiger partial charge in [-0.15, -0.1) is 0 Å². The van der Waals surface area contributed by atoms with Crippen molar-refractivity contribution >= 4 is 23.0 Å². The van der Waals surface area contributed by atoms with Crippen LogP contribution in [0.1, 0.15) is 32.1 Å². The van der Waals surface area contributed by atoms with E-state index in [-0.39, 0.29) is 0 Å². The van der Waals surface area contributed by atoms with Crippen LogP contribution < -0.4 is 5.32 Å². The Kier molecular flexibility index (Phi) is 2.81. The molecule has 100 valence electrons. The maximum atomic E-state index is 11.6. The molecule has 0 spiro atoms. The molecule has 1 saturated carbocycles. The second kappa shape index (κ2) is 4.49. The van der Waals surface area contributed by atoms with Gasteiger partial charge in [0, 0.05) is 0 Å². The summed E-state index contributed by atoms with van der Waals surface area (Å²) in [6.07, 6.45) is 7.06. The fourth-order valence-electron chi connectivity index (χ4n) is 2.63. The number of nitrogens with zero attached hydrogens (tertiary/aromatic N) is 3. The fraction of sp³-hybridized carbons (Fsp3) is 0.500. The number of nitrogens with one attached hydrogen (secondary N) is 2. The van der Waals surface area contributed by atoms with Crippen LogP contribution >= 0.6 is 0 Å². The monoisotopic (exact) mass is 261 g/mol. The summed E-state index contributed by atoms with van der Waals surface area (Å²) in [5.74, 6) is -0.315. The zero-order chi connectivity index (χ0) is 13.3. The van der Waals surface area contributed by atoms with Gasteiger partial charge < -0.3 is 15.4 Å². The summed E-state index contributed by atoms with van der Waals surface area (Å²) in [6.45, 7) is 0. The number of carboxylic acids is 1. The van der Waals surface area contributed by atoms with E-state index in [9.17, 15) is 9.90 Å². The summed E-state index contributed by atoms with van der Waals surface area (Å²) in [5.41, 5.74) is 0.257. The molecule has 0 atom stereocenters. The largest absolute Gasteiger partial charge is 0.480 e. The summed E-state index contributed by atoms with van der Waals surface area (Å²) in [5, 5.41) is 12.6. The topological polar surface area (TPSA) is 104 Å². The van der Waals surface area contributed by atoms with Crippen molar-refractivity contribution < 1.29 is 9.90 Å². The number of carboxylic acid groups (broad SMARTS) is 1. The first-order valence-electron chi connectivity index (χ1n) is 6.37. The number of hydrogen-bond acceptors (Lipinski definition) is 5. The third-order valence-corrected chi connectivity index (χ3v) is 3.70. The van der Waals surface area contributed by atoms with E-state index in [1.54, 1.807) is 0 Å². The van der Waals surface area contributed by atoms with Crippen molar-refractivity contribution in [3.05, 3.63) is 12.7 Å². The average Bonchev–Trinajstić information content (AvgIpc) is 2.89. The second-order valence-electron chi connectivity index (χ2n) is 4.90. The molecule has 0 aromatic carbocycles. The van der Waals surface area contributed by atoms with E-state index in [2.05, 4.69) is 25.3 Å². The number of rotatable bonds is 3. The Hall–Kier alpha value is -2.18. The predicted molar refractivity (Wildman–Crippen MR) is 68.8 cm³/mol. The standard InChI is InChI=1S/C12H15N5O2/c18-11(19)12(4-2-1-3-5-12)17-10-8-9(14-6-13-8)15-7-16-10/h6-7H,1-5H2,(H,18,19)(H2,13,14,15,16,17). The van der Waals surface area contributed by atoms with Crippen LogP contribution in [0.25, 0.3) is 11.2 Å². The number of carbonyl (C=O) groups is 1. The number of H-pyrrole nitrogens is 1. The van der Waals surface area contributed by atoms with Crippen LogP contribution in [0.5, 0.6) is 0 Å². The van der Waals surface area contributed by atoms with Crippen molar-refractivity contribution in [2.24, 2.45) is 0 Å². The Bertz CT molecular complexity index is 603. The Morgan fingerprint density at radius 1 is 1.26 bits per heavy atom. The number of fused-ring (bicyclic) bond motifs is 1. The van der Waals surface area contributed by atoms with Gasteiger partial charge >= 0.3 is 5.97 Å². The first-order chi connectivity index (χ1) is 9.21. The molecule has 3 rings (SSSR count). The van der Waals surface area contributed by atoms with Crippen molar-refractivity contribution in [2.45, 2.75) is 37.6 Å². The molecule has 0 unspecified atom stereocenters. The lowest BCUT2D eigenvalue weighted by molar-refractivity contribution is -0.143. The Labute approximate surface area is 109 Å². The lowest BCUT2D eigenvalue weighted by atomic mass is 9.81. The lowest BCUT2D eigenvalue weighted by Gasteiger charge is -2.34. The molecule has 0 saturated heterocycles.